The topological polar surface area (TPSA) is 54.4 Å². The first-order valence-corrected chi connectivity index (χ1v) is 6.95. The normalized spacial score (nSPS) is 11.4. The summed E-state index contributed by atoms with van der Waals surface area (Å²) < 4.78 is 31.5. The van der Waals surface area contributed by atoms with Gasteiger partial charge in [0.25, 0.3) is 10.1 Å². The van der Waals surface area contributed by atoms with Crippen LogP contribution in [0.4, 0.5) is 0 Å². The average molecular weight is 272 g/mol. The summed E-state index contributed by atoms with van der Waals surface area (Å²) in [5, 5.41) is 0. The highest BCUT2D eigenvalue weighted by atomic mass is 32.2. The minimum atomic E-state index is -4.10. The van der Waals surface area contributed by atoms with Crippen molar-refractivity contribution in [2.75, 3.05) is 28.2 Å². The second-order valence-corrected chi connectivity index (χ2v) is 6.65. The summed E-state index contributed by atoms with van der Waals surface area (Å²) >= 11 is 0. The number of benzene rings is 1. The van der Waals surface area contributed by atoms with Crippen LogP contribution < -0.4 is 0 Å². The van der Waals surface area contributed by atoms with E-state index in [-0.39, 0.29) is 4.90 Å². The highest BCUT2D eigenvalue weighted by Gasteiger charge is 2.12. The van der Waals surface area contributed by atoms with E-state index in [1.807, 2.05) is 0 Å². The van der Waals surface area contributed by atoms with E-state index in [9.17, 15) is 8.42 Å². The lowest BCUT2D eigenvalue weighted by molar-refractivity contribution is -0.849. The number of nitrogens with zero attached hydrogens (tertiary/aromatic N) is 1. The molecule has 0 unspecified atom stereocenters. The van der Waals surface area contributed by atoms with Gasteiger partial charge in [-0.3, -0.25) is 4.55 Å². The zero-order valence-electron chi connectivity index (χ0n) is 11.4. The summed E-state index contributed by atoms with van der Waals surface area (Å²) in [6.07, 6.45) is 2.01. The highest BCUT2D eigenvalue weighted by Crippen LogP contribution is 2.15. The molecule has 102 valence electrons. The van der Waals surface area contributed by atoms with Crippen LogP contribution in [-0.4, -0.2) is 45.6 Å². The number of quaternary nitrogens is 1. The molecule has 0 amide bonds. The summed E-state index contributed by atoms with van der Waals surface area (Å²) in [5.74, 6) is 0. The van der Waals surface area contributed by atoms with Crippen LogP contribution in [0.5, 0.6) is 0 Å². The molecule has 0 spiro atoms. The Morgan fingerprint density at radius 2 is 1.67 bits per heavy atom. The van der Waals surface area contributed by atoms with Crippen molar-refractivity contribution in [3.05, 3.63) is 42.5 Å². The standard InChI is InChI=1S/C9H10O3S.C4H12N/c1-2-5-8-6-3-4-7-9(8)13(10,11)12;1-5(2,3)4/h2-4,6-7H,1,5H2,(H,10,11,12);1-4H3/q;+1. The van der Waals surface area contributed by atoms with Crippen LogP contribution >= 0.6 is 0 Å². The third-order valence-electron chi connectivity index (χ3n) is 1.61. The van der Waals surface area contributed by atoms with Gasteiger partial charge in [-0.15, -0.1) is 6.58 Å². The van der Waals surface area contributed by atoms with Gasteiger partial charge in [0, 0.05) is 0 Å². The molecule has 0 aliphatic heterocycles. The van der Waals surface area contributed by atoms with E-state index in [0.29, 0.717) is 12.0 Å². The molecule has 1 N–H and O–H groups in total. The Morgan fingerprint density at radius 3 is 2.06 bits per heavy atom. The van der Waals surface area contributed by atoms with Gasteiger partial charge < -0.3 is 4.48 Å². The van der Waals surface area contributed by atoms with Crippen molar-refractivity contribution in [3.63, 3.8) is 0 Å². The van der Waals surface area contributed by atoms with Gasteiger partial charge in [-0.2, -0.15) is 8.42 Å². The van der Waals surface area contributed by atoms with Gasteiger partial charge in [0.05, 0.1) is 33.1 Å². The van der Waals surface area contributed by atoms with Crippen molar-refractivity contribution in [2.45, 2.75) is 11.3 Å². The van der Waals surface area contributed by atoms with Crippen molar-refractivity contribution in [2.24, 2.45) is 0 Å². The molecule has 4 nitrogen and oxygen atoms in total. The predicted octanol–water partition coefficient (Wildman–Crippen LogP) is 1.98. The fraction of sp³-hybridized carbons (Fsp3) is 0.385. The maximum atomic E-state index is 10.8. The maximum Gasteiger partial charge on any atom is 0.294 e. The number of hydrogen-bond acceptors (Lipinski definition) is 2. The van der Waals surface area contributed by atoms with E-state index < -0.39 is 10.1 Å². The number of rotatable bonds is 3. The summed E-state index contributed by atoms with van der Waals surface area (Å²) in [7, 11) is 4.40. The molecule has 0 aliphatic rings. The number of hydrogen-bond donors (Lipinski definition) is 1. The lowest BCUT2D eigenvalue weighted by Gasteiger charge is -2.14. The third-order valence-corrected chi connectivity index (χ3v) is 2.57. The maximum absolute atomic E-state index is 10.8. The van der Waals surface area contributed by atoms with Crippen LogP contribution in [0, 0.1) is 0 Å². The molecule has 1 aromatic carbocycles. The molecule has 0 aliphatic carbocycles. The van der Waals surface area contributed by atoms with Gasteiger partial charge in [-0.1, -0.05) is 24.3 Å². The minimum Gasteiger partial charge on any atom is -0.333 e. The molecule has 0 fully saturated rings. The van der Waals surface area contributed by atoms with Gasteiger partial charge in [-0.25, -0.2) is 0 Å². The molecular formula is C13H22NO3S+. The summed E-state index contributed by atoms with van der Waals surface area (Å²) in [5.41, 5.74) is 0.556. The monoisotopic (exact) mass is 272 g/mol. The molecule has 0 aromatic heterocycles. The van der Waals surface area contributed by atoms with Crippen molar-refractivity contribution in [3.8, 4) is 0 Å². The Kier molecular flexibility index (Phi) is 6.25. The van der Waals surface area contributed by atoms with Crippen molar-refractivity contribution >= 4 is 10.1 Å². The van der Waals surface area contributed by atoms with Crippen LogP contribution in [0.3, 0.4) is 0 Å². The molecule has 0 radical (unpaired) electrons. The van der Waals surface area contributed by atoms with Crippen LogP contribution in [0.25, 0.3) is 0 Å². The molecule has 18 heavy (non-hydrogen) atoms. The predicted molar refractivity (Wildman–Crippen MR) is 74.1 cm³/mol. The lowest BCUT2D eigenvalue weighted by atomic mass is 10.1. The lowest BCUT2D eigenvalue weighted by Crippen LogP contribution is -2.27. The molecule has 0 heterocycles. The summed E-state index contributed by atoms with van der Waals surface area (Å²) in [6, 6.07) is 6.29. The van der Waals surface area contributed by atoms with Crippen molar-refractivity contribution in [1.82, 2.24) is 0 Å². The first-order chi connectivity index (χ1) is 8.05. The second kappa shape index (κ2) is 6.68. The Balaban J connectivity index is 0.000000494. The highest BCUT2D eigenvalue weighted by molar-refractivity contribution is 7.85. The Morgan fingerprint density at radius 1 is 1.22 bits per heavy atom. The van der Waals surface area contributed by atoms with Gasteiger partial charge in [0.15, 0.2) is 0 Å². The first kappa shape index (κ1) is 16.8. The molecule has 0 atom stereocenters. The van der Waals surface area contributed by atoms with E-state index in [1.54, 1.807) is 24.3 Å². The third kappa shape index (κ3) is 8.00. The fourth-order valence-corrected chi connectivity index (χ4v) is 1.81. The van der Waals surface area contributed by atoms with Crippen LogP contribution in [-0.2, 0) is 16.5 Å². The zero-order chi connectivity index (χ0) is 14.4. The average Bonchev–Trinajstić information content (AvgIpc) is 2.14. The fourth-order valence-electron chi connectivity index (χ4n) is 1.08. The van der Waals surface area contributed by atoms with E-state index in [1.165, 1.54) is 6.07 Å². The molecule has 0 saturated heterocycles. The first-order valence-electron chi connectivity index (χ1n) is 5.51. The van der Waals surface area contributed by atoms with Crippen LogP contribution in [0.1, 0.15) is 5.56 Å². The smallest absolute Gasteiger partial charge is 0.294 e. The van der Waals surface area contributed by atoms with Gasteiger partial charge in [-0.05, 0) is 18.1 Å². The van der Waals surface area contributed by atoms with Gasteiger partial charge in [0.2, 0.25) is 0 Å². The molecule has 0 bridgehead atoms. The van der Waals surface area contributed by atoms with E-state index in [2.05, 4.69) is 34.8 Å². The van der Waals surface area contributed by atoms with Crippen LogP contribution in [0.2, 0.25) is 0 Å². The molecular weight excluding hydrogens is 250 g/mol. The van der Waals surface area contributed by atoms with E-state index >= 15 is 0 Å². The molecule has 5 heteroatoms. The molecule has 0 saturated carbocycles. The quantitative estimate of drug-likeness (QED) is 0.520. The van der Waals surface area contributed by atoms with Gasteiger partial charge in [0.1, 0.15) is 0 Å². The number of allylic oxidation sites excluding steroid dienone is 1. The minimum absolute atomic E-state index is 0.0464. The van der Waals surface area contributed by atoms with Crippen molar-refractivity contribution < 1.29 is 17.5 Å². The zero-order valence-corrected chi connectivity index (χ0v) is 12.2. The molecule has 1 rings (SSSR count). The second-order valence-electron chi connectivity index (χ2n) is 5.26. The van der Waals surface area contributed by atoms with Gasteiger partial charge >= 0.3 is 0 Å². The molecule has 1 aromatic rings. The van der Waals surface area contributed by atoms with Crippen molar-refractivity contribution in [1.29, 1.82) is 0 Å². The Hall–Kier alpha value is -1.17. The Bertz CT molecular complexity index is 481. The van der Waals surface area contributed by atoms with E-state index in [4.69, 9.17) is 4.55 Å². The van der Waals surface area contributed by atoms with E-state index in [0.717, 1.165) is 4.48 Å². The largest absolute Gasteiger partial charge is 0.333 e. The Labute approximate surface area is 110 Å². The van der Waals surface area contributed by atoms with Crippen LogP contribution in [0.15, 0.2) is 41.8 Å². The SMILES string of the molecule is C=CCc1ccccc1S(=O)(=O)O.C[N+](C)(C)C. The summed E-state index contributed by atoms with van der Waals surface area (Å²) in [6.45, 7) is 3.50. The summed E-state index contributed by atoms with van der Waals surface area (Å²) in [4.78, 5) is -0.0464.